The minimum absolute atomic E-state index is 0.179. The van der Waals surface area contributed by atoms with Gasteiger partial charge in [-0.05, 0) is 6.42 Å². The van der Waals surface area contributed by atoms with Crippen molar-refractivity contribution in [3.8, 4) is 0 Å². The minimum Gasteiger partial charge on any atom is -0.395 e. The number of nitrogens with zero attached hydrogens (tertiary/aromatic N) is 1. The van der Waals surface area contributed by atoms with Crippen LogP contribution in [0.15, 0.2) is 5.16 Å². The van der Waals surface area contributed by atoms with Gasteiger partial charge in [-0.3, -0.25) is 0 Å². The van der Waals surface area contributed by atoms with Gasteiger partial charge in [-0.2, -0.15) is 0 Å². The maximum absolute atomic E-state index is 5.69. The van der Waals surface area contributed by atoms with Crippen molar-refractivity contribution in [3.63, 3.8) is 0 Å². The van der Waals surface area contributed by atoms with Crippen LogP contribution in [0.3, 0.4) is 0 Å². The molecule has 2 heterocycles. The molecule has 0 bridgehead atoms. The number of hydrogen-bond acceptors (Lipinski definition) is 4. The van der Waals surface area contributed by atoms with Gasteiger partial charge in [0.15, 0.2) is 0 Å². The lowest BCUT2D eigenvalue weighted by Crippen LogP contribution is -2.35. The Morgan fingerprint density at radius 1 is 1.47 bits per heavy atom. The Morgan fingerprint density at radius 2 is 2.40 bits per heavy atom. The molecule has 4 heteroatoms. The minimum atomic E-state index is 0.179. The van der Waals surface area contributed by atoms with Gasteiger partial charge in [0.1, 0.15) is 6.61 Å². The Hall–Kier alpha value is -0.610. The van der Waals surface area contributed by atoms with Crippen LogP contribution in [0.1, 0.15) is 26.2 Å². The second-order valence-corrected chi connectivity index (χ2v) is 4.16. The first-order chi connectivity index (χ1) is 7.40. The van der Waals surface area contributed by atoms with Gasteiger partial charge >= 0.3 is 0 Å². The topological polar surface area (TPSA) is 40.0 Å². The summed E-state index contributed by atoms with van der Waals surface area (Å²) < 4.78 is 11.2. The van der Waals surface area contributed by atoms with Gasteiger partial charge in [0.25, 0.3) is 0 Å². The Kier molecular flexibility index (Phi) is 3.97. The monoisotopic (exact) mass is 213 g/mol. The van der Waals surface area contributed by atoms with Gasteiger partial charge < -0.3 is 14.3 Å². The average Bonchev–Trinajstić information content (AvgIpc) is 2.71. The van der Waals surface area contributed by atoms with E-state index in [0.717, 1.165) is 31.8 Å². The van der Waals surface area contributed by atoms with Crippen molar-refractivity contribution < 1.29 is 14.3 Å². The van der Waals surface area contributed by atoms with Gasteiger partial charge in [-0.15, -0.1) is 0 Å². The lowest BCUT2D eigenvalue weighted by atomic mass is 9.98. The van der Waals surface area contributed by atoms with Crippen LogP contribution in [-0.2, 0) is 14.3 Å². The predicted molar refractivity (Wildman–Crippen MR) is 57.0 cm³/mol. The summed E-state index contributed by atoms with van der Waals surface area (Å²) in [4.78, 5) is 5.05. The Labute approximate surface area is 90.6 Å². The zero-order chi connectivity index (χ0) is 10.5. The number of fused-ring (bicyclic) bond motifs is 1. The lowest BCUT2D eigenvalue weighted by molar-refractivity contribution is -0.0330. The van der Waals surface area contributed by atoms with Crippen molar-refractivity contribution in [2.75, 3.05) is 26.4 Å². The SMILES string of the molecule is CCCCOC[C@H]1CC2=NOCC2CO1. The standard InChI is InChI=1S/C11H19NO3/c1-2-3-4-13-8-10-5-11-9(6-14-10)7-15-12-11/h9-10H,2-8H2,1H3/t9?,10-/m1/s1. The zero-order valence-corrected chi connectivity index (χ0v) is 9.28. The predicted octanol–water partition coefficient (Wildman–Crippen LogP) is 1.59. The van der Waals surface area contributed by atoms with Crippen molar-refractivity contribution >= 4 is 5.71 Å². The molecule has 1 fully saturated rings. The molecule has 15 heavy (non-hydrogen) atoms. The molecule has 2 aliphatic rings. The third-order valence-corrected chi connectivity index (χ3v) is 2.84. The molecule has 1 saturated heterocycles. The van der Waals surface area contributed by atoms with Crippen LogP contribution in [0, 0.1) is 5.92 Å². The van der Waals surface area contributed by atoms with Crippen LogP contribution in [0.25, 0.3) is 0 Å². The molecule has 1 unspecified atom stereocenters. The molecule has 0 amide bonds. The maximum Gasteiger partial charge on any atom is 0.127 e. The van der Waals surface area contributed by atoms with E-state index in [2.05, 4.69) is 12.1 Å². The molecule has 2 atom stereocenters. The maximum atomic E-state index is 5.69. The van der Waals surface area contributed by atoms with E-state index in [1.54, 1.807) is 0 Å². The van der Waals surface area contributed by atoms with E-state index in [0.29, 0.717) is 19.1 Å². The van der Waals surface area contributed by atoms with Crippen molar-refractivity contribution in [2.45, 2.75) is 32.3 Å². The average molecular weight is 213 g/mol. The highest BCUT2D eigenvalue weighted by Gasteiger charge is 2.31. The Balaban J connectivity index is 1.66. The molecule has 2 aliphatic heterocycles. The van der Waals surface area contributed by atoms with Crippen LogP contribution in [-0.4, -0.2) is 38.2 Å². The lowest BCUT2D eigenvalue weighted by Gasteiger charge is -2.25. The molecule has 0 N–H and O–H groups in total. The van der Waals surface area contributed by atoms with Crippen LogP contribution in [0.4, 0.5) is 0 Å². The van der Waals surface area contributed by atoms with Crippen LogP contribution in [0.5, 0.6) is 0 Å². The fraction of sp³-hybridized carbons (Fsp3) is 0.909. The molecule has 0 aromatic carbocycles. The number of hydrogen-bond donors (Lipinski definition) is 0. The summed E-state index contributed by atoms with van der Waals surface area (Å²) >= 11 is 0. The van der Waals surface area contributed by atoms with Crippen molar-refractivity contribution in [2.24, 2.45) is 11.1 Å². The van der Waals surface area contributed by atoms with E-state index in [1.807, 2.05) is 0 Å². The highest BCUT2D eigenvalue weighted by molar-refractivity contribution is 5.88. The summed E-state index contributed by atoms with van der Waals surface area (Å²) in [5.74, 6) is 0.400. The summed E-state index contributed by atoms with van der Waals surface area (Å²) in [5, 5.41) is 4.03. The third kappa shape index (κ3) is 2.92. The van der Waals surface area contributed by atoms with Crippen LogP contribution >= 0.6 is 0 Å². The highest BCUT2D eigenvalue weighted by Crippen LogP contribution is 2.22. The van der Waals surface area contributed by atoms with Gasteiger partial charge in [-0.1, -0.05) is 18.5 Å². The summed E-state index contributed by atoms with van der Waals surface area (Å²) in [7, 11) is 0. The van der Waals surface area contributed by atoms with Crippen molar-refractivity contribution in [1.29, 1.82) is 0 Å². The molecule has 0 saturated carbocycles. The molecule has 0 radical (unpaired) electrons. The summed E-state index contributed by atoms with van der Waals surface area (Å²) in [6, 6.07) is 0. The molecular formula is C11H19NO3. The van der Waals surface area contributed by atoms with Crippen molar-refractivity contribution in [1.82, 2.24) is 0 Å². The van der Waals surface area contributed by atoms with Gasteiger partial charge in [0, 0.05) is 13.0 Å². The fourth-order valence-corrected chi connectivity index (χ4v) is 1.84. The highest BCUT2D eigenvalue weighted by atomic mass is 16.6. The number of ether oxygens (including phenoxy) is 2. The molecule has 2 rings (SSSR count). The Bertz CT molecular complexity index is 230. The largest absolute Gasteiger partial charge is 0.395 e. The smallest absolute Gasteiger partial charge is 0.127 e. The summed E-state index contributed by atoms with van der Waals surface area (Å²) in [6.07, 6.45) is 3.35. The molecule has 0 aromatic heterocycles. The first-order valence-electron chi connectivity index (χ1n) is 5.78. The van der Waals surface area contributed by atoms with Gasteiger partial charge in [0.05, 0.1) is 30.9 Å². The first kappa shape index (κ1) is 10.9. The van der Waals surface area contributed by atoms with E-state index in [4.69, 9.17) is 14.3 Å². The number of rotatable bonds is 5. The fourth-order valence-electron chi connectivity index (χ4n) is 1.84. The molecule has 0 aromatic rings. The molecule has 86 valence electrons. The molecular weight excluding hydrogens is 194 g/mol. The normalized spacial score (nSPS) is 29.5. The Morgan fingerprint density at radius 3 is 3.27 bits per heavy atom. The quantitative estimate of drug-likeness (QED) is 0.651. The van der Waals surface area contributed by atoms with E-state index in [1.165, 1.54) is 6.42 Å². The van der Waals surface area contributed by atoms with Crippen LogP contribution in [0.2, 0.25) is 0 Å². The van der Waals surface area contributed by atoms with E-state index in [-0.39, 0.29) is 6.10 Å². The van der Waals surface area contributed by atoms with Gasteiger partial charge in [0.2, 0.25) is 0 Å². The molecule has 0 spiro atoms. The van der Waals surface area contributed by atoms with E-state index < -0.39 is 0 Å². The van der Waals surface area contributed by atoms with Gasteiger partial charge in [-0.25, -0.2) is 0 Å². The molecule has 0 aliphatic carbocycles. The zero-order valence-electron chi connectivity index (χ0n) is 9.28. The van der Waals surface area contributed by atoms with Crippen LogP contribution < -0.4 is 0 Å². The summed E-state index contributed by atoms with van der Waals surface area (Å²) in [6.45, 7) is 5.11. The van der Waals surface area contributed by atoms with E-state index in [9.17, 15) is 0 Å². The second-order valence-electron chi connectivity index (χ2n) is 4.16. The first-order valence-corrected chi connectivity index (χ1v) is 5.78. The summed E-state index contributed by atoms with van der Waals surface area (Å²) in [5.41, 5.74) is 1.16. The van der Waals surface area contributed by atoms with Crippen molar-refractivity contribution in [3.05, 3.63) is 0 Å². The third-order valence-electron chi connectivity index (χ3n) is 2.84. The van der Waals surface area contributed by atoms with E-state index >= 15 is 0 Å². The molecule has 4 nitrogen and oxygen atoms in total. The number of unbranched alkanes of at least 4 members (excludes halogenated alkanes) is 1. The second kappa shape index (κ2) is 5.47. The number of oxime groups is 1.